The molecule has 0 bridgehead atoms. The molecule has 0 radical (unpaired) electrons. The van der Waals surface area contributed by atoms with Crippen molar-refractivity contribution in [3.05, 3.63) is 39.7 Å². The highest BCUT2D eigenvalue weighted by Crippen LogP contribution is 2.29. The molecule has 0 spiro atoms. The highest BCUT2D eigenvalue weighted by atomic mass is 16.5. The first-order valence-corrected chi connectivity index (χ1v) is 8.73. The largest absolute Gasteiger partial charge is 0.484 e. The van der Waals surface area contributed by atoms with Gasteiger partial charge in [-0.25, -0.2) is 9.59 Å². The van der Waals surface area contributed by atoms with Crippen LogP contribution in [0.15, 0.2) is 27.4 Å². The van der Waals surface area contributed by atoms with E-state index in [1.54, 1.807) is 12.1 Å². The zero-order valence-corrected chi connectivity index (χ0v) is 14.5. The zero-order chi connectivity index (χ0) is 18.7. The van der Waals surface area contributed by atoms with E-state index in [1.165, 1.54) is 0 Å². The molecule has 2 aromatic rings. The zero-order valence-electron chi connectivity index (χ0n) is 14.5. The van der Waals surface area contributed by atoms with Crippen molar-refractivity contribution in [3.63, 3.8) is 0 Å². The van der Waals surface area contributed by atoms with Gasteiger partial charge in [0, 0.05) is 17.0 Å². The molecule has 2 N–H and O–H groups in total. The van der Waals surface area contributed by atoms with Crippen molar-refractivity contribution in [1.82, 2.24) is 5.32 Å². The number of amides is 1. The van der Waals surface area contributed by atoms with Crippen LogP contribution in [0.2, 0.25) is 0 Å². The number of carboxylic acids is 1. The molecule has 3 rings (SSSR count). The Morgan fingerprint density at radius 3 is 2.81 bits per heavy atom. The van der Waals surface area contributed by atoms with Crippen LogP contribution in [0.3, 0.4) is 0 Å². The van der Waals surface area contributed by atoms with Gasteiger partial charge >= 0.3 is 11.6 Å². The molecule has 0 saturated heterocycles. The Hall–Kier alpha value is -2.83. The Morgan fingerprint density at radius 2 is 2.08 bits per heavy atom. The number of nitrogens with one attached hydrogen (secondary N) is 1. The summed E-state index contributed by atoms with van der Waals surface area (Å²) in [6.07, 6.45) is 3.54. The van der Waals surface area contributed by atoms with Crippen molar-refractivity contribution in [2.75, 3.05) is 6.61 Å². The van der Waals surface area contributed by atoms with Crippen molar-refractivity contribution in [2.45, 2.75) is 45.1 Å². The lowest BCUT2D eigenvalue weighted by Gasteiger charge is -2.14. The lowest BCUT2D eigenvalue weighted by molar-refractivity contribution is -0.142. The van der Waals surface area contributed by atoms with E-state index in [1.807, 2.05) is 13.0 Å². The molecule has 0 unspecified atom stereocenters. The van der Waals surface area contributed by atoms with Gasteiger partial charge in [0.15, 0.2) is 6.61 Å². The Morgan fingerprint density at radius 1 is 1.31 bits per heavy atom. The Kier molecular flexibility index (Phi) is 5.25. The van der Waals surface area contributed by atoms with E-state index < -0.39 is 17.9 Å². The lowest BCUT2D eigenvalue weighted by Crippen LogP contribution is -2.42. The van der Waals surface area contributed by atoms with E-state index in [2.05, 4.69) is 5.32 Å². The van der Waals surface area contributed by atoms with Gasteiger partial charge in [-0.1, -0.05) is 13.3 Å². The maximum absolute atomic E-state index is 12.0. The number of carboxylic acid groups (broad SMARTS) is 1. The van der Waals surface area contributed by atoms with Crippen molar-refractivity contribution < 1.29 is 23.8 Å². The molecular formula is C19H21NO6. The molecule has 26 heavy (non-hydrogen) atoms. The van der Waals surface area contributed by atoms with Crippen LogP contribution in [0.5, 0.6) is 5.75 Å². The quantitative estimate of drug-likeness (QED) is 0.733. The molecule has 7 heteroatoms. The maximum Gasteiger partial charge on any atom is 0.339 e. The second kappa shape index (κ2) is 7.59. The third-order valence-electron chi connectivity index (χ3n) is 4.53. The second-order valence-corrected chi connectivity index (χ2v) is 6.39. The van der Waals surface area contributed by atoms with Gasteiger partial charge in [-0.3, -0.25) is 4.79 Å². The van der Waals surface area contributed by atoms with Crippen LogP contribution >= 0.6 is 0 Å². The summed E-state index contributed by atoms with van der Waals surface area (Å²) in [6, 6.07) is 4.21. The fourth-order valence-electron chi connectivity index (χ4n) is 3.28. The number of benzene rings is 1. The highest BCUT2D eigenvalue weighted by molar-refractivity contribution is 5.85. The smallest absolute Gasteiger partial charge is 0.339 e. The number of carbonyl (C=O) groups is 2. The number of rotatable bonds is 7. The van der Waals surface area contributed by atoms with Crippen molar-refractivity contribution in [1.29, 1.82) is 0 Å². The van der Waals surface area contributed by atoms with E-state index in [0.29, 0.717) is 24.2 Å². The minimum Gasteiger partial charge on any atom is -0.484 e. The molecule has 1 aliphatic rings. The van der Waals surface area contributed by atoms with Gasteiger partial charge in [0.2, 0.25) is 0 Å². The van der Waals surface area contributed by atoms with Crippen LogP contribution in [0.1, 0.15) is 37.3 Å². The number of aryl methyl sites for hydroxylation is 1. The van der Waals surface area contributed by atoms with Gasteiger partial charge in [-0.15, -0.1) is 0 Å². The van der Waals surface area contributed by atoms with Crippen LogP contribution in [0.25, 0.3) is 11.0 Å². The minimum absolute atomic E-state index is 0.311. The minimum atomic E-state index is -1.07. The lowest BCUT2D eigenvalue weighted by atomic mass is 10.1. The normalized spacial score (nSPS) is 14.0. The van der Waals surface area contributed by atoms with Crippen molar-refractivity contribution in [2.24, 2.45) is 0 Å². The second-order valence-electron chi connectivity index (χ2n) is 6.39. The van der Waals surface area contributed by atoms with E-state index in [0.717, 1.165) is 35.8 Å². The molecule has 7 nitrogen and oxygen atoms in total. The number of hydrogen-bond donors (Lipinski definition) is 2. The van der Waals surface area contributed by atoms with Gasteiger partial charge in [0.05, 0.1) is 0 Å². The molecule has 1 heterocycles. The Balaban J connectivity index is 1.70. The van der Waals surface area contributed by atoms with Crippen LogP contribution in [-0.4, -0.2) is 29.6 Å². The van der Waals surface area contributed by atoms with Crippen LogP contribution in [0.4, 0.5) is 0 Å². The summed E-state index contributed by atoms with van der Waals surface area (Å²) >= 11 is 0. The average molecular weight is 359 g/mol. The van der Waals surface area contributed by atoms with Gasteiger partial charge in [-0.05, 0) is 43.4 Å². The number of ether oxygens (including phenoxy) is 1. The van der Waals surface area contributed by atoms with E-state index >= 15 is 0 Å². The van der Waals surface area contributed by atoms with E-state index in [-0.39, 0.29) is 12.2 Å². The summed E-state index contributed by atoms with van der Waals surface area (Å²) in [7, 11) is 0. The monoisotopic (exact) mass is 359 g/mol. The molecule has 0 aliphatic heterocycles. The number of hydrogen-bond acceptors (Lipinski definition) is 5. The van der Waals surface area contributed by atoms with Crippen molar-refractivity contribution in [3.8, 4) is 5.75 Å². The van der Waals surface area contributed by atoms with Gasteiger partial charge in [-0.2, -0.15) is 0 Å². The molecular weight excluding hydrogens is 338 g/mol. The first kappa shape index (κ1) is 18.0. The summed E-state index contributed by atoms with van der Waals surface area (Å²) in [5.74, 6) is -1.20. The van der Waals surface area contributed by atoms with Crippen LogP contribution in [0, 0.1) is 0 Å². The number of carbonyl (C=O) groups excluding carboxylic acids is 1. The van der Waals surface area contributed by atoms with E-state index in [4.69, 9.17) is 14.3 Å². The molecule has 1 aliphatic carbocycles. The SMILES string of the molecule is CCC[C@@H](NC(=O)COc1ccc2c3c(c(=O)oc2c1)CCC3)C(=O)O. The third-order valence-corrected chi connectivity index (χ3v) is 4.53. The van der Waals surface area contributed by atoms with Crippen LogP contribution < -0.4 is 15.7 Å². The molecule has 1 amide bonds. The molecule has 1 aromatic carbocycles. The molecule has 1 atom stereocenters. The van der Waals surface area contributed by atoms with E-state index in [9.17, 15) is 14.4 Å². The average Bonchev–Trinajstić information content (AvgIpc) is 3.10. The molecule has 0 saturated carbocycles. The van der Waals surface area contributed by atoms with Gasteiger partial charge in [0.25, 0.3) is 5.91 Å². The standard InChI is InChI=1S/C19H21NO6/c1-2-4-15(18(22)23)20-17(21)10-25-11-7-8-13-12-5-3-6-14(12)19(24)26-16(13)9-11/h7-9,15H,2-6,10H2,1H3,(H,20,21)(H,22,23)/t15-/m1/s1. The summed E-state index contributed by atoms with van der Waals surface area (Å²) in [4.78, 5) is 35.0. The maximum atomic E-state index is 12.0. The third kappa shape index (κ3) is 3.71. The summed E-state index contributed by atoms with van der Waals surface area (Å²) < 4.78 is 10.8. The summed E-state index contributed by atoms with van der Waals surface area (Å²) in [5, 5.41) is 12.4. The first-order valence-electron chi connectivity index (χ1n) is 8.73. The Bertz CT molecular complexity index is 901. The predicted molar refractivity (Wildman–Crippen MR) is 94.5 cm³/mol. The topological polar surface area (TPSA) is 106 Å². The van der Waals surface area contributed by atoms with Crippen LogP contribution in [-0.2, 0) is 22.4 Å². The first-order chi connectivity index (χ1) is 12.5. The molecule has 1 aromatic heterocycles. The molecule has 138 valence electrons. The van der Waals surface area contributed by atoms with Gasteiger partial charge < -0.3 is 19.6 Å². The number of aliphatic carboxylic acids is 1. The highest BCUT2D eigenvalue weighted by Gasteiger charge is 2.21. The number of fused-ring (bicyclic) bond motifs is 3. The predicted octanol–water partition coefficient (Wildman–Crippen LogP) is 2.03. The molecule has 0 fully saturated rings. The fraction of sp³-hybridized carbons (Fsp3) is 0.421. The van der Waals surface area contributed by atoms with Gasteiger partial charge in [0.1, 0.15) is 17.4 Å². The fourth-order valence-corrected chi connectivity index (χ4v) is 3.28. The Labute approximate surface area is 150 Å². The van der Waals surface area contributed by atoms with Crippen molar-refractivity contribution >= 4 is 22.8 Å². The summed E-state index contributed by atoms with van der Waals surface area (Å²) in [6.45, 7) is 1.53. The summed E-state index contributed by atoms with van der Waals surface area (Å²) in [5.41, 5.74) is 1.90.